The van der Waals surface area contributed by atoms with E-state index < -0.39 is 5.60 Å². The van der Waals surface area contributed by atoms with Crippen molar-refractivity contribution in [2.24, 2.45) is 0 Å². The summed E-state index contributed by atoms with van der Waals surface area (Å²) in [4.78, 5) is 4.40. The summed E-state index contributed by atoms with van der Waals surface area (Å²) in [6, 6.07) is 8.33. The van der Waals surface area contributed by atoms with Crippen LogP contribution in [0, 0.1) is 13.8 Å². The minimum Gasteiger partial charge on any atom is -0.506 e. The average molecular weight is 392 g/mol. The fourth-order valence-corrected chi connectivity index (χ4v) is 4.17. The van der Waals surface area contributed by atoms with Crippen molar-refractivity contribution in [3.05, 3.63) is 46.8 Å². The smallest absolute Gasteiger partial charge is 0.223 e. The first-order valence-corrected chi connectivity index (χ1v) is 10.3. The number of rotatable bonds is 5. The summed E-state index contributed by atoms with van der Waals surface area (Å²) in [5, 5.41) is 15.5. The molecule has 1 aliphatic rings. The Labute approximate surface area is 171 Å². The summed E-state index contributed by atoms with van der Waals surface area (Å²) in [5.74, 6) is 1.77. The summed E-state index contributed by atoms with van der Waals surface area (Å²) in [6.45, 7) is 10.1. The standard InChI is InChI=1S/C24H28N2O3/c1-6-7-8-9-16-13-19-21(22(27)20(16)23-25-15(3)29-26-23)17-12-14(2)10-11-18(17)24(4,5)28-19/h10-13,27H,6-9H2,1-5H3. The van der Waals surface area contributed by atoms with Crippen molar-refractivity contribution in [3.8, 4) is 34.0 Å². The van der Waals surface area contributed by atoms with Gasteiger partial charge >= 0.3 is 0 Å². The van der Waals surface area contributed by atoms with Crippen LogP contribution in [0.2, 0.25) is 0 Å². The molecule has 3 aromatic rings. The van der Waals surface area contributed by atoms with E-state index in [1.807, 2.05) is 0 Å². The number of fused-ring (bicyclic) bond motifs is 3. The number of nitrogens with zero attached hydrogens (tertiary/aromatic N) is 2. The Hall–Kier alpha value is -2.82. The molecule has 5 nitrogen and oxygen atoms in total. The van der Waals surface area contributed by atoms with Gasteiger partial charge in [-0.1, -0.05) is 48.7 Å². The Morgan fingerprint density at radius 3 is 2.55 bits per heavy atom. The van der Waals surface area contributed by atoms with Gasteiger partial charge in [-0.2, -0.15) is 4.98 Å². The van der Waals surface area contributed by atoms with Crippen LogP contribution in [-0.2, 0) is 12.0 Å². The van der Waals surface area contributed by atoms with E-state index in [9.17, 15) is 5.11 Å². The van der Waals surface area contributed by atoms with Crippen molar-refractivity contribution >= 4 is 0 Å². The summed E-state index contributed by atoms with van der Waals surface area (Å²) < 4.78 is 11.6. The summed E-state index contributed by atoms with van der Waals surface area (Å²) >= 11 is 0. The van der Waals surface area contributed by atoms with Gasteiger partial charge in [-0.25, -0.2) is 0 Å². The molecule has 0 saturated heterocycles. The Balaban J connectivity index is 1.97. The number of ether oxygens (including phenoxy) is 1. The molecular formula is C24H28N2O3. The second-order valence-electron chi connectivity index (χ2n) is 8.39. The van der Waals surface area contributed by atoms with Crippen LogP contribution in [0.1, 0.15) is 62.6 Å². The molecule has 2 heterocycles. The third kappa shape index (κ3) is 3.39. The maximum Gasteiger partial charge on any atom is 0.223 e. The molecule has 29 heavy (non-hydrogen) atoms. The van der Waals surface area contributed by atoms with Crippen molar-refractivity contribution in [3.63, 3.8) is 0 Å². The largest absolute Gasteiger partial charge is 0.506 e. The van der Waals surface area contributed by atoms with Crippen molar-refractivity contribution in [1.29, 1.82) is 0 Å². The summed E-state index contributed by atoms with van der Waals surface area (Å²) in [6.07, 6.45) is 4.10. The van der Waals surface area contributed by atoms with E-state index in [0.717, 1.165) is 47.9 Å². The molecule has 0 atom stereocenters. The fraction of sp³-hybridized carbons (Fsp3) is 0.417. The Kier molecular flexibility index (Phi) is 4.85. The molecule has 0 radical (unpaired) electrons. The van der Waals surface area contributed by atoms with Gasteiger partial charge in [0.05, 0.1) is 11.1 Å². The monoisotopic (exact) mass is 392 g/mol. The number of hydrogen-bond donors (Lipinski definition) is 1. The molecule has 5 heteroatoms. The van der Waals surface area contributed by atoms with Crippen LogP contribution >= 0.6 is 0 Å². The van der Waals surface area contributed by atoms with Gasteiger partial charge in [0.25, 0.3) is 0 Å². The van der Waals surface area contributed by atoms with Crippen LogP contribution in [0.5, 0.6) is 11.5 Å². The van der Waals surface area contributed by atoms with Crippen molar-refractivity contribution in [2.45, 2.75) is 65.9 Å². The number of unbranched alkanes of at least 4 members (excludes halogenated alkanes) is 2. The van der Waals surface area contributed by atoms with Crippen molar-refractivity contribution < 1.29 is 14.4 Å². The molecule has 1 aromatic heterocycles. The maximum absolute atomic E-state index is 11.4. The van der Waals surface area contributed by atoms with Gasteiger partial charge in [-0.05, 0) is 50.8 Å². The number of aryl methyl sites for hydroxylation is 3. The highest BCUT2D eigenvalue weighted by Crippen LogP contribution is 2.53. The number of aromatic hydroxyl groups is 1. The van der Waals surface area contributed by atoms with Gasteiger partial charge in [0.1, 0.15) is 17.1 Å². The van der Waals surface area contributed by atoms with Gasteiger partial charge in [0, 0.05) is 12.5 Å². The Morgan fingerprint density at radius 2 is 1.86 bits per heavy atom. The zero-order chi connectivity index (χ0) is 20.8. The second-order valence-corrected chi connectivity index (χ2v) is 8.39. The molecule has 1 N–H and O–H groups in total. The number of aromatic nitrogens is 2. The predicted molar refractivity (Wildman–Crippen MR) is 113 cm³/mol. The normalized spacial score (nSPS) is 14.2. The van der Waals surface area contributed by atoms with Crippen molar-refractivity contribution in [2.75, 3.05) is 0 Å². The molecule has 0 amide bonds. The lowest BCUT2D eigenvalue weighted by Crippen LogP contribution is -2.29. The minimum atomic E-state index is -0.479. The lowest BCUT2D eigenvalue weighted by atomic mass is 9.83. The highest BCUT2D eigenvalue weighted by Gasteiger charge is 2.36. The molecule has 1 aliphatic heterocycles. The summed E-state index contributed by atoms with van der Waals surface area (Å²) in [5.41, 5.74) is 5.05. The SMILES string of the molecule is CCCCCc1cc2c(c(O)c1-c1noc(C)n1)-c1cc(C)ccc1C(C)(C)O2. The van der Waals surface area contributed by atoms with Crippen LogP contribution in [0.25, 0.3) is 22.5 Å². The molecule has 0 spiro atoms. The Bertz CT molecular complexity index is 1070. The minimum absolute atomic E-state index is 0.164. The molecule has 0 bridgehead atoms. The first kappa shape index (κ1) is 19.5. The molecule has 0 aliphatic carbocycles. The van der Waals surface area contributed by atoms with Gasteiger partial charge in [-0.3, -0.25) is 0 Å². The van der Waals surface area contributed by atoms with Crippen LogP contribution < -0.4 is 4.74 Å². The highest BCUT2D eigenvalue weighted by molar-refractivity contribution is 5.89. The average Bonchev–Trinajstić information content (AvgIpc) is 3.06. The number of phenolic OH excluding ortho intramolecular Hbond substituents is 1. The number of phenols is 1. The quantitative estimate of drug-likeness (QED) is 0.532. The molecule has 2 aromatic carbocycles. The third-order valence-corrected chi connectivity index (χ3v) is 5.61. The maximum atomic E-state index is 11.4. The van der Waals surface area contributed by atoms with Crippen LogP contribution in [0.4, 0.5) is 0 Å². The van der Waals surface area contributed by atoms with E-state index in [1.165, 1.54) is 0 Å². The van der Waals surface area contributed by atoms with Gasteiger partial charge in [-0.15, -0.1) is 0 Å². The second kappa shape index (κ2) is 7.21. The van der Waals surface area contributed by atoms with Gasteiger partial charge in [0.15, 0.2) is 0 Å². The van der Waals surface area contributed by atoms with Gasteiger partial charge < -0.3 is 14.4 Å². The van der Waals surface area contributed by atoms with Crippen LogP contribution in [-0.4, -0.2) is 15.2 Å². The van der Waals surface area contributed by atoms with Crippen molar-refractivity contribution in [1.82, 2.24) is 10.1 Å². The zero-order valence-electron chi connectivity index (χ0n) is 17.8. The lowest BCUT2D eigenvalue weighted by molar-refractivity contribution is 0.105. The van der Waals surface area contributed by atoms with E-state index in [-0.39, 0.29) is 5.75 Å². The van der Waals surface area contributed by atoms with Crippen LogP contribution in [0.3, 0.4) is 0 Å². The molecule has 0 fully saturated rings. The predicted octanol–water partition coefficient (Wildman–Crippen LogP) is 6.09. The van der Waals surface area contributed by atoms with E-state index >= 15 is 0 Å². The fourth-order valence-electron chi connectivity index (χ4n) is 4.17. The molecular weight excluding hydrogens is 364 g/mol. The first-order valence-electron chi connectivity index (χ1n) is 10.3. The van der Waals surface area contributed by atoms with E-state index in [1.54, 1.807) is 6.92 Å². The lowest BCUT2D eigenvalue weighted by Gasteiger charge is -2.36. The molecule has 4 rings (SSSR count). The first-order chi connectivity index (χ1) is 13.8. The van der Waals surface area contributed by atoms with Gasteiger partial charge in [0.2, 0.25) is 11.7 Å². The number of hydrogen-bond acceptors (Lipinski definition) is 5. The summed E-state index contributed by atoms with van der Waals surface area (Å²) in [7, 11) is 0. The van der Waals surface area contributed by atoms with E-state index in [4.69, 9.17) is 9.26 Å². The Morgan fingerprint density at radius 1 is 1.07 bits per heavy atom. The topological polar surface area (TPSA) is 68.4 Å². The third-order valence-electron chi connectivity index (χ3n) is 5.61. The van der Waals surface area contributed by atoms with E-state index in [0.29, 0.717) is 28.6 Å². The molecule has 0 unspecified atom stereocenters. The van der Waals surface area contributed by atoms with E-state index in [2.05, 4.69) is 62.1 Å². The highest BCUT2D eigenvalue weighted by atomic mass is 16.5. The number of benzene rings is 2. The molecule has 152 valence electrons. The molecule has 0 saturated carbocycles. The van der Waals surface area contributed by atoms with Crippen LogP contribution in [0.15, 0.2) is 28.8 Å². The zero-order valence-corrected chi connectivity index (χ0v) is 17.8.